The van der Waals surface area contributed by atoms with Gasteiger partial charge in [-0.15, -0.1) is 0 Å². The molecule has 3 amide bonds. The maximum Gasteiger partial charge on any atom is 0.319 e. The Kier molecular flexibility index (Phi) is 7.08. The first-order valence-corrected chi connectivity index (χ1v) is 8.92. The van der Waals surface area contributed by atoms with E-state index in [1.807, 2.05) is 19.0 Å². The zero-order chi connectivity index (χ0) is 20.0. The number of carbonyl (C=O) groups is 2. The highest BCUT2D eigenvalue weighted by Crippen LogP contribution is 2.30. The summed E-state index contributed by atoms with van der Waals surface area (Å²) in [4.78, 5) is 25.6. The largest absolute Gasteiger partial charge is 0.471 e. The smallest absolute Gasteiger partial charge is 0.319 e. The number of carbonyl (C=O) groups excluding carboxylic acids is 2. The van der Waals surface area contributed by atoms with Gasteiger partial charge in [0.15, 0.2) is 0 Å². The Morgan fingerprint density at radius 2 is 2.11 bits per heavy atom. The molecule has 0 bridgehead atoms. The maximum absolute atomic E-state index is 13.9. The fourth-order valence-corrected chi connectivity index (χ4v) is 2.87. The number of likely N-dealkylation sites (N-methyl/N-ethyl adjacent to an activating group) is 1. The first-order chi connectivity index (χ1) is 12.8. The van der Waals surface area contributed by atoms with E-state index in [9.17, 15) is 14.0 Å². The van der Waals surface area contributed by atoms with Crippen LogP contribution in [0.5, 0.6) is 5.88 Å². The Hall–Kier alpha value is -2.72. The van der Waals surface area contributed by atoms with Crippen LogP contribution in [0.1, 0.15) is 21.5 Å². The maximum atomic E-state index is 13.9. The van der Waals surface area contributed by atoms with Gasteiger partial charge in [-0.05, 0) is 44.2 Å². The highest BCUT2D eigenvalue weighted by atomic mass is 32.1. The van der Waals surface area contributed by atoms with Crippen LogP contribution in [0.3, 0.4) is 0 Å². The van der Waals surface area contributed by atoms with E-state index in [0.29, 0.717) is 18.7 Å². The summed E-state index contributed by atoms with van der Waals surface area (Å²) in [6.45, 7) is 2.75. The quantitative estimate of drug-likeness (QED) is 0.633. The summed E-state index contributed by atoms with van der Waals surface area (Å²) < 4.78 is 23.4. The summed E-state index contributed by atoms with van der Waals surface area (Å²) in [6.07, 6.45) is 0. The van der Waals surface area contributed by atoms with Crippen LogP contribution in [0.4, 0.5) is 14.2 Å². The average molecular weight is 395 g/mol. The van der Waals surface area contributed by atoms with Crippen LogP contribution in [-0.4, -0.2) is 48.4 Å². The number of nitrogens with two attached hydrogens (primary N) is 1. The number of urea groups is 1. The molecule has 0 aliphatic heterocycles. The van der Waals surface area contributed by atoms with Crippen molar-refractivity contribution in [2.24, 2.45) is 5.73 Å². The van der Waals surface area contributed by atoms with Crippen molar-refractivity contribution < 1.29 is 18.7 Å². The van der Waals surface area contributed by atoms with Crippen molar-refractivity contribution in [3.63, 3.8) is 0 Å². The molecule has 0 saturated heterocycles. The molecule has 0 atom stereocenters. The van der Waals surface area contributed by atoms with Crippen molar-refractivity contribution in [3.05, 3.63) is 40.7 Å². The van der Waals surface area contributed by atoms with Crippen LogP contribution in [0.25, 0.3) is 0 Å². The summed E-state index contributed by atoms with van der Waals surface area (Å²) in [7, 11) is 3.77. The van der Waals surface area contributed by atoms with Crippen molar-refractivity contribution in [3.8, 4) is 5.88 Å². The molecule has 10 heteroatoms. The number of anilines is 1. The number of nitrogens with zero attached hydrogens (tertiary/aromatic N) is 2. The van der Waals surface area contributed by atoms with Crippen LogP contribution >= 0.6 is 11.5 Å². The SMILES string of the molecule is Cc1ccc(COc2nsc(NC(=O)NCCN(C)C)c2C(N)=O)c(F)c1. The summed E-state index contributed by atoms with van der Waals surface area (Å²) in [5, 5.41) is 5.36. The second kappa shape index (κ2) is 9.28. The van der Waals surface area contributed by atoms with Gasteiger partial charge in [-0.1, -0.05) is 12.1 Å². The van der Waals surface area contributed by atoms with Crippen LogP contribution in [0.15, 0.2) is 18.2 Å². The van der Waals surface area contributed by atoms with E-state index in [1.54, 1.807) is 19.1 Å². The Morgan fingerprint density at radius 3 is 2.74 bits per heavy atom. The first-order valence-electron chi connectivity index (χ1n) is 8.14. The minimum absolute atomic E-state index is 0.0453. The minimum atomic E-state index is -0.799. The molecule has 0 unspecified atom stereocenters. The summed E-state index contributed by atoms with van der Waals surface area (Å²) in [6, 6.07) is 4.25. The molecule has 2 rings (SSSR count). The molecule has 1 aromatic carbocycles. The number of aromatic nitrogens is 1. The lowest BCUT2D eigenvalue weighted by molar-refractivity contribution is 0.0996. The van der Waals surface area contributed by atoms with Gasteiger partial charge in [-0.25, -0.2) is 9.18 Å². The van der Waals surface area contributed by atoms with Gasteiger partial charge in [0.25, 0.3) is 5.91 Å². The zero-order valence-electron chi connectivity index (χ0n) is 15.3. The minimum Gasteiger partial charge on any atom is -0.471 e. The Labute approximate surface area is 160 Å². The molecule has 4 N–H and O–H groups in total. The summed E-state index contributed by atoms with van der Waals surface area (Å²) in [5.41, 5.74) is 6.45. The second-order valence-corrected chi connectivity index (χ2v) is 6.90. The highest BCUT2D eigenvalue weighted by Gasteiger charge is 2.22. The Bertz CT molecular complexity index is 825. The van der Waals surface area contributed by atoms with E-state index < -0.39 is 17.8 Å². The number of ether oxygens (including phenoxy) is 1. The van der Waals surface area contributed by atoms with Crippen LogP contribution in [-0.2, 0) is 6.61 Å². The van der Waals surface area contributed by atoms with E-state index in [0.717, 1.165) is 17.1 Å². The van der Waals surface area contributed by atoms with Crippen LogP contribution in [0, 0.1) is 12.7 Å². The molecular weight excluding hydrogens is 373 g/mol. The van der Waals surface area contributed by atoms with Gasteiger partial charge in [-0.3, -0.25) is 10.1 Å². The number of halogens is 1. The monoisotopic (exact) mass is 395 g/mol. The Balaban J connectivity index is 2.05. The third-order valence-corrected chi connectivity index (χ3v) is 4.30. The molecule has 1 aromatic heterocycles. The molecule has 0 aliphatic rings. The first kappa shape index (κ1) is 20.6. The molecule has 8 nitrogen and oxygen atoms in total. The number of hydrogen-bond acceptors (Lipinski definition) is 6. The van der Waals surface area contributed by atoms with Crippen molar-refractivity contribution in [1.82, 2.24) is 14.6 Å². The van der Waals surface area contributed by atoms with E-state index in [1.165, 1.54) is 6.07 Å². The fraction of sp³-hybridized carbons (Fsp3) is 0.353. The molecule has 0 saturated carbocycles. The average Bonchev–Trinajstić information content (AvgIpc) is 2.96. The topological polar surface area (TPSA) is 110 Å². The number of aryl methyl sites for hydroxylation is 1. The van der Waals surface area contributed by atoms with Gasteiger partial charge < -0.3 is 20.7 Å². The third kappa shape index (κ3) is 5.90. The molecule has 1 heterocycles. The molecule has 2 aromatic rings. The van der Waals surface area contributed by atoms with Crippen molar-refractivity contribution in [2.45, 2.75) is 13.5 Å². The molecule has 146 valence electrons. The molecule has 0 aliphatic carbocycles. The lowest BCUT2D eigenvalue weighted by Gasteiger charge is -2.11. The van der Waals surface area contributed by atoms with Crippen LogP contribution in [0.2, 0.25) is 0 Å². The van der Waals surface area contributed by atoms with E-state index in [-0.39, 0.29) is 23.1 Å². The van der Waals surface area contributed by atoms with Crippen LogP contribution < -0.4 is 21.1 Å². The molecule has 0 radical (unpaired) electrons. The normalized spacial score (nSPS) is 10.7. The number of amides is 3. The van der Waals surface area contributed by atoms with Crippen molar-refractivity contribution >= 4 is 28.5 Å². The number of benzene rings is 1. The molecule has 27 heavy (non-hydrogen) atoms. The molecular formula is C17H22FN5O3S. The molecule has 0 spiro atoms. The van der Waals surface area contributed by atoms with Crippen molar-refractivity contribution in [1.29, 1.82) is 0 Å². The number of primary amides is 1. The summed E-state index contributed by atoms with van der Waals surface area (Å²) in [5.74, 6) is -1.26. The van der Waals surface area contributed by atoms with Crippen molar-refractivity contribution in [2.75, 3.05) is 32.5 Å². The standard InChI is InChI=1S/C17H22FN5O3S/c1-10-4-5-11(12(18)8-10)9-26-15-13(14(19)24)16(27-22-15)21-17(25)20-6-7-23(2)3/h4-5,8H,6-7,9H2,1-3H3,(H2,19,24)(H2,20,21,25). The summed E-state index contributed by atoms with van der Waals surface area (Å²) >= 11 is 0.862. The number of nitrogens with one attached hydrogen (secondary N) is 2. The zero-order valence-corrected chi connectivity index (χ0v) is 16.2. The van der Waals surface area contributed by atoms with Gasteiger partial charge in [0, 0.05) is 18.7 Å². The van der Waals surface area contributed by atoms with E-state index >= 15 is 0 Å². The molecule has 0 fully saturated rings. The lowest BCUT2D eigenvalue weighted by Crippen LogP contribution is -2.34. The third-order valence-electron chi connectivity index (χ3n) is 3.55. The van der Waals surface area contributed by atoms with Gasteiger partial charge in [0.2, 0.25) is 5.88 Å². The number of hydrogen-bond donors (Lipinski definition) is 3. The van der Waals surface area contributed by atoms with E-state index in [4.69, 9.17) is 10.5 Å². The highest BCUT2D eigenvalue weighted by molar-refractivity contribution is 7.11. The second-order valence-electron chi connectivity index (χ2n) is 6.12. The van der Waals surface area contributed by atoms with Gasteiger partial charge in [0.05, 0.1) is 0 Å². The van der Waals surface area contributed by atoms with E-state index in [2.05, 4.69) is 15.0 Å². The fourth-order valence-electron chi connectivity index (χ4n) is 2.13. The Morgan fingerprint density at radius 1 is 1.37 bits per heavy atom. The predicted octanol–water partition coefficient (Wildman–Crippen LogP) is 1.95. The number of rotatable bonds is 8. The predicted molar refractivity (Wildman–Crippen MR) is 102 cm³/mol. The van der Waals surface area contributed by atoms with Gasteiger partial charge >= 0.3 is 6.03 Å². The lowest BCUT2D eigenvalue weighted by atomic mass is 10.1. The van der Waals surface area contributed by atoms with Gasteiger partial charge in [-0.2, -0.15) is 4.37 Å². The van der Waals surface area contributed by atoms with Gasteiger partial charge in [0.1, 0.15) is 23.0 Å².